The first-order valence-corrected chi connectivity index (χ1v) is 14.6. The molecule has 206 valence electrons. The van der Waals surface area contributed by atoms with Crippen LogP contribution in [0.3, 0.4) is 0 Å². The van der Waals surface area contributed by atoms with E-state index >= 15 is 0 Å². The number of aliphatic carboxylic acids is 1. The van der Waals surface area contributed by atoms with Gasteiger partial charge >= 0.3 is 11.9 Å². The Kier molecular flexibility index (Phi) is 5.78. The zero-order valence-electron chi connectivity index (χ0n) is 24.3. The number of ketones is 1. The van der Waals surface area contributed by atoms with Crippen LogP contribution in [0.5, 0.6) is 0 Å². The number of methoxy groups -OCH3 is 1. The maximum absolute atomic E-state index is 13.4. The van der Waals surface area contributed by atoms with E-state index in [0.29, 0.717) is 12.3 Å². The van der Waals surface area contributed by atoms with E-state index < -0.39 is 22.7 Å². The van der Waals surface area contributed by atoms with Crippen LogP contribution in [-0.2, 0) is 19.1 Å². The molecular formula is C32H48O5. The van der Waals surface area contributed by atoms with Gasteiger partial charge in [0.15, 0.2) is 5.78 Å². The zero-order valence-corrected chi connectivity index (χ0v) is 24.3. The topological polar surface area (TPSA) is 80.7 Å². The predicted molar refractivity (Wildman–Crippen MR) is 143 cm³/mol. The normalized spacial score (nSPS) is 47.9. The molecule has 4 saturated carbocycles. The zero-order chi connectivity index (χ0) is 27.4. The van der Waals surface area contributed by atoms with Crippen molar-refractivity contribution in [1.29, 1.82) is 0 Å². The highest BCUT2D eigenvalue weighted by molar-refractivity contribution is 6.02. The van der Waals surface area contributed by atoms with Crippen LogP contribution in [-0.4, -0.2) is 29.9 Å². The van der Waals surface area contributed by atoms with E-state index in [-0.39, 0.29) is 45.2 Å². The van der Waals surface area contributed by atoms with E-state index in [1.165, 1.54) is 5.57 Å². The number of fused-ring (bicyclic) bond motifs is 7. The lowest BCUT2D eigenvalue weighted by molar-refractivity contribution is -0.198. The fraction of sp³-hybridized carbons (Fsp3) is 0.844. The first-order chi connectivity index (χ1) is 17.0. The first-order valence-electron chi connectivity index (χ1n) is 14.6. The summed E-state index contributed by atoms with van der Waals surface area (Å²) < 4.78 is 5.46. The van der Waals surface area contributed by atoms with Crippen molar-refractivity contribution in [3.8, 4) is 0 Å². The highest BCUT2D eigenvalue weighted by atomic mass is 16.5. The molecule has 0 aromatic carbocycles. The monoisotopic (exact) mass is 512 g/mol. The minimum Gasteiger partial charge on any atom is -0.481 e. The molecule has 5 aliphatic rings. The van der Waals surface area contributed by atoms with Crippen LogP contribution >= 0.6 is 0 Å². The Labute approximate surface area is 223 Å². The van der Waals surface area contributed by atoms with Gasteiger partial charge in [0.25, 0.3) is 0 Å². The number of allylic oxidation sites excluding steroid dienone is 2. The predicted octanol–water partition coefficient (Wildman–Crippen LogP) is 6.84. The second-order valence-electron chi connectivity index (χ2n) is 15.5. The fourth-order valence-electron chi connectivity index (χ4n) is 11.0. The van der Waals surface area contributed by atoms with Gasteiger partial charge in [0, 0.05) is 5.41 Å². The van der Waals surface area contributed by atoms with Crippen LogP contribution in [0.4, 0.5) is 0 Å². The number of carboxylic acids is 1. The van der Waals surface area contributed by atoms with E-state index in [2.05, 4.69) is 40.7 Å². The lowest BCUT2D eigenvalue weighted by Crippen LogP contribution is -2.66. The molecule has 0 aromatic heterocycles. The maximum Gasteiger partial charge on any atom is 0.314 e. The molecule has 0 aromatic rings. The summed E-state index contributed by atoms with van der Waals surface area (Å²) >= 11 is 0. The molecule has 0 spiro atoms. The minimum absolute atomic E-state index is 0.00821. The SMILES string of the molecule is COC(=O)C12CCC(C)(C)CC1C1=CCC3C4(C)CC(C(=O)O)C(=O)C(C)(C)C4CCC3(C)C1(C)CC2. The molecule has 1 N–H and O–H groups in total. The number of carbonyl (C=O) groups is 3. The van der Waals surface area contributed by atoms with Crippen molar-refractivity contribution in [2.45, 2.75) is 106 Å². The quantitative estimate of drug-likeness (QED) is 0.249. The van der Waals surface area contributed by atoms with Gasteiger partial charge in [0.2, 0.25) is 0 Å². The summed E-state index contributed by atoms with van der Waals surface area (Å²) in [5.74, 6) is -1.32. The number of carboxylic acid groups (broad SMARTS) is 1. The standard InChI is InChI=1S/C32H48O5/c1-27(2)13-15-32(26(36)37-8)16-14-30(6)20(21(32)18-27)9-10-23-29(5)17-19(25(34)35)24(33)28(3,4)22(29)11-12-31(23,30)7/h9,19,21-23H,10-18H2,1-8H3,(H,34,35). The molecule has 0 radical (unpaired) electrons. The number of ether oxygens (including phenoxy) is 1. The second kappa shape index (κ2) is 7.94. The van der Waals surface area contributed by atoms with Gasteiger partial charge in [-0.3, -0.25) is 14.4 Å². The molecule has 5 aliphatic carbocycles. The molecule has 0 bridgehead atoms. The molecule has 5 nitrogen and oxygen atoms in total. The average Bonchev–Trinajstić information content (AvgIpc) is 2.81. The Hall–Kier alpha value is -1.65. The van der Waals surface area contributed by atoms with Crippen molar-refractivity contribution in [3.63, 3.8) is 0 Å². The van der Waals surface area contributed by atoms with Crippen molar-refractivity contribution in [1.82, 2.24) is 0 Å². The van der Waals surface area contributed by atoms with Crippen LogP contribution in [0, 0.1) is 56.2 Å². The third kappa shape index (κ3) is 3.30. The average molecular weight is 513 g/mol. The van der Waals surface area contributed by atoms with Crippen LogP contribution < -0.4 is 0 Å². The number of Topliss-reactive ketones (excluding diaryl/α,β-unsaturated/α-hetero) is 1. The molecule has 0 saturated heterocycles. The van der Waals surface area contributed by atoms with Gasteiger partial charge in [-0.05, 0) is 97.2 Å². The van der Waals surface area contributed by atoms with E-state index in [1.54, 1.807) is 7.11 Å². The van der Waals surface area contributed by atoms with Crippen molar-refractivity contribution in [2.75, 3.05) is 7.11 Å². The Morgan fingerprint density at radius 1 is 0.919 bits per heavy atom. The van der Waals surface area contributed by atoms with Crippen molar-refractivity contribution in [2.24, 2.45) is 56.2 Å². The first kappa shape index (κ1) is 26.9. The number of rotatable bonds is 2. The highest BCUT2D eigenvalue weighted by Gasteiger charge is 2.70. The summed E-state index contributed by atoms with van der Waals surface area (Å²) in [5.41, 5.74) is 0.316. The summed E-state index contributed by atoms with van der Waals surface area (Å²) in [6, 6.07) is 0. The van der Waals surface area contributed by atoms with E-state index in [0.717, 1.165) is 51.4 Å². The van der Waals surface area contributed by atoms with Crippen LogP contribution in [0.2, 0.25) is 0 Å². The molecule has 0 aliphatic heterocycles. The van der Waals surface area contributed by atoms with Gasteiger partial charge in [-0.25, -0.2) is 0 Å². The lowest BCUT2D eigenvalue weighted by Gasteiger charge is -2.70. The molecule has 5 rings (SSSR count). The van der Waals surface area contributed by atoms with Gasteiger partial charge in [-0.2, -0.15) is 0 Å². The molecule has 4 fully saturated rings. The molecule has 5 heteroatoms. The number of hydrogen-bond donors (Lipinski definition) is 1. The molecule has 8 unspecified atom stereocenters. The van der Waals surface area contributed by atoms with E-state index in [9.17, 15) is 19.5 Å². The van der Waals surface area contributed by atoms with Gasteiger partial charge in [-0.1, -0.05) is 60.1 Å². The number of carbonyl (C=O) groups excluding carboxylic acids is 2. The summed E-state index contributed by atoms with van der Waals surface area (Å²) in [4.78, 5) is 39.0. The summed E-state index contributed by atoms with van der Waals surface area (Å²) in [6.45, 7) is 15.9. The third-order valence-electron chi connectivity index (χ3n) is 13.3. The molecule has 37 heavy (non-hydrogen) atoms. The second-order valence-corrected chi connectivity index (χ2v) is 15.5. The van der Waals surface area contributed by atoms with Crippen LogP contribution in [0.1, 0.15) is 106 Å². The number of esters is 1. The van der Waals surface area contributed by atoms with Gasteiger partial charge in [-0.15, -0.1) is 0 Å². The number of hydrogen-bond acceptors (Lipinski definition) is 4. The van der Waals surface area contributed by atoms with Crippen molar-refractivity contribution in [3.05, 3.63) is 11.6 Å². The molecule has 8 atom stereocenters. The molecule has 0 amide bonds. The summed E-state index contributed by atoms with van der Waals surface area (Å²) in [5, 5.41) is 10.0. The van der Waals surface area contributed by atoms with Crippen molar-refractivity contribution < 1.29 is 24.2 Å². The highest BCUT2D eigenvalue weighted by Crippen LogP contribution is 2.75. The van der Waals surface area contributed by atoms with Gasteiger partial charge in [0.05, 0.1) is 12.5 Å². The Balaban J connectivity index is 1.62. The summed E-state index contributed by atoms with van der Waals surface area (Å²) in [7, 11) is 1.54. The van der Waals surface area contributed by atoms with Crippen molar-refractivity contribution >= 4 is 17.7 Å². The minimum atomic E-state index is -0.965. The Morgan fingerprint density at radius 2 is 1.57 bits per heavy atom. The molecular weight excluding hydrogens is 464 g/mol. The van der Waals surface area contributed by atoms with E-state index in [4.69, 9.17) is 4.74 Å². The van der Waals surface area contributed by atoms with Crippen LogP contribution in [0.15, 0.2) is 11.6 Å². The molecule has 0 heterocycles. The van der Waals surface area contributed by atoms with E-state index in [1.807, 2.05) is 13.8 Å². The van der Waals surface area contributed by atoms with Crippen LogP contribution in [0.25, 0.3) is 0 Å². The Morgan fingerprint density at radius 3 is 2.19 bits per heavy atom. The maximum atomic E-state index is 13.4. The Bertz CT molecular complexity index is 1070. The third-order valence-corrected chi connectivity index (χ3v) is 13.3. The van der Waals surface area contributed by atoms with Gasteiger partial charge < -0.3 is 9.84 Å². The lowest BCUT2D eigenvalue weighted by atomic mass is 9.33. The largest absolute Gasteiger partial charge is 0.481 e. The fourth-order valence-corrected chi connectivity index (χ4v) is 11.0. The smallest absolute Gasteiger partial charge is 0.314 e. The summed E-state index contributed by atoms with van der Waals surface area (Å²) in [6.07, 6.45) is 10.6. The van der Waals surface area contributed by atoms with Gasteiger partial charge in [0.1, 0.15) is 5.92 Å².